The van der Waals surface area contributed by atoms with Crippen molar-refractivity contribution in [1.29, 1.82) is 0 Å². The first-order valence-electron chi connectivity index (χ1n) is 11.3. The number of hydrogen-bond donors (Lipinski definition) is 1. The van der Waals surface area contributed by atoms with Crippen molar-refractivity contribution in [2.24, 2.45) is 0 Å². The monoisotopic (exact) mass is 575 g/mol. The molecule has 0 aliphatic heterocycles. The summed E-state index contributed by atoms with van der Waals surface area (Å²) in [6.07, 6.45) is 0. The summed E-state index contributed by atoms with van der Waals surface area (Å²) in [4.78, 5) is 27.5. The highest BCUT2D eigenvalue weighted by Gasteiger charge is 2.32. The fourth-order valence-electron chi connectivity index (χ4n) is 3.57. The molecule has 0 spiro atoms. The van der Waals surface area contributed by atoms with Crippen molar-refractivity contribution in [1.82, 2.24) is 10.2 Å². The third kappa shape index (κ3) is 6.50. The SMILES string of the molecule is CCNC(=O)C(C)N(Cc1ccccc1F)C(=O)CN(c1ccc(Br)cc1)S(=O)(=O)c1ccccc1. The van der Waals surface area contributed by atoms with E-state index in [4.69, 9.17) is 0 Å². The molecule has 2 amide bonds. The van der Waals surface area contributed by atoms with Crippen LogP contribution >= 0.6 is 15.9 Å². The Kier molecular flexibility index (Phi) is 9.22. The van der Waals surface area contributed by atoms with E-state index in [1.165, 1.54) is 42.2 Å². The fraction of sp³-hybridized carbons (Fsp3) is 0.231. The van der Waals surface area contributed by atoms with Crippen LogP contribution in [-0.2, 0) is 26.2 Å². The quantitative estimate of drug-likeness (QED) is 0.389. The van der Waals surface area contributed by atoms with Gasteiger partial charge in [0, 0.05) is 23.1 Å². The number of nitrogens with zero attached hydrogens (tertiary/aromatic N) is 2. The van der Waals surface area contributed by atoms with Gasteiger partial charge in [-0.05, 0) is 56.3 Å². The molecule has 0 aliphatic carbocycles. The summed E-state index contributed by atoms with van der Waals surface area (Å²) in [6.45, 7) is 2.83. The molecule has 0 fully saturated rings. The molecule has 3 aromatic rings. The van der Waals surface area contributed by atoms with Crippen LogP contribution < -0.4 is 9.62 Å². The van der Waals surface area contributed by atoms with E-state index in [0.29, 0.717) is 6.54 Å². The molecule has 1 atom stereocenters. The van der Waals surface area contributed by atoms with Crippen molar-refractivity contribution in [3.8, 4) is 0 Å². The summed E-state index contributed by atoms with van der Waals surface area (Å²) in [5.41, 5.74) is 0.481. The molecule has 0 bridgehead atoms. The van der Waals surface area contributed by atoms with Crippen molar-refractivity contribution in [3.05, 3.63) is 94.7 Å². The van der Waals surface area contributed by atoms with Crippen LogP contribution in [0.2, 0.25) is 0 Å². The van der Waals surface area contributed by atoms with Gasteiger partial charge in [-0.3, -0.25) is 13.9 Å². The van der Waals surface area contributed by atoms with Gasteiger partial charge in [0.2, 0.25) is 11.8 Å². The molecule has 3 rings (SSSR count). The highest BCUT2D eigenvalue weighted by Crippen LogP contribution is 2.26. The van der Waals surface area contributed by atoms with Gasteiger partial charge in [0.25, 0.3) is 10.0 Å². The molecule has 1 unspecified atom stereocenters. The standard InChI is InChI=1S/C26H27BrFN3O4S/c1-3-29-26(33)19(2)30(17-20-9-7-8-12-24(20)28)25(32)18-31(22-15-13-21(27)14-16-22)36(34,35)23-10-5-4-6-11-23/h4-16,19H,3,17-18H2,1-2H3,(H,29,33). The zero-order valence-electron chi connectivity index (χ0n) is 19.9. The van der Waals surface area contributed by atoms with Gasteiger partial charge >= 0.3 is 0 Å². The summed E-state index contributed by atoms with van der Waals surface area (Å²) in [7, 11) is -4.14. The van der Waals surface area contributed by atoms with E-state index in [0.717, 1.165) is 8.78 Å². The van der Waals surface area contributed by atoms with Crippen LogP contribution in [0.1, 0.15) is 19.4 Å². The molecule has 10 heteroatoms. The number of sulfonamides is 1. The number of likely N-dealkylation sites (N-methyl/N-ethyl adjacent to an activating group) is 1. The summed E-state index contributed by atoms with van der Waals surface area (Å²) in [5, 5.41) is 2.66. The molecule has 0 aromatic heterocycles. The molecule has 190 valence electrons. The first-order chi connectivity index (χ1) is 17.1. The van der Waals surface area contributed by atoms with Crippen molar-refractivity contribution >= 4 is 43.5 Å². The molecule has 7 nitrogen and oxygen atoms in total. The van der Waals surface area contributed by atoms with Gasteiger partial charge < -0.3 is 10.2 Å². The molecule has 0 saturated heterocycles. The molecule has 0 radical (unpaired) electrons. The smallest absolute Gasteiger partial charge is 0.264 e. The zero-order valence-corrected chi connectivity index (χ0v) is 22.3. The Morgan fingerprint density at radius 1 is 0.972 bits per heavy atom. The number of carbonyl (C=O) groups excluding carboxylic acids is 2. The van der Waals surface area contributed by atoms with E-state index in [1.54, 1.807) is 55.5 Å². The second kappa shape index (κ2) is 12.1. The number of hydrogen-bond acceptors (Lipinski definition) is 4. The highest BCUT2D eigenvalue weighted by molar-refractivity contribution is 9.10. The van der Waals surface area contributed by atoms with Crippen molar-refractivity contribution < 1.29 is 22.4 Å². The van der Waals surface area contributed by atoms with Crippen molar-refractivity contribution in [3.63, 3.8) is 0 Å². The maximum Gasteiger partial charge on any atom is 0.264 e. The van der Waals surface area contributed by atoms with Gasteiger partial charge in [0.1, 0.15) is 18.4 Å². The maximum absolute atomic E-state index is 14.5. The Balaban J connectivity index is 2.02. The van der Waals surface area contributed by atoms with E-state index in [-0.39, 0.29) is 22.7 Å². The molecule has 0 saturated carbocycles. The lowest BCUT2D eigenvalue weighted by atomic mass is 10.1. The summed E-state index contributed by atoms with van der Waals surface area (Å²) >= 11 is 3.33. The molecule has 1 N–H and O–H groups in total. The Hall–Kier alpha value is -3.24. The van der Waals surface area contributed by atoms with Gasteiger partial charge in [-0.1, -0.05) is 52.3 Å². The van der Waals surface area contributed by atoms with E-state index in [9.17, 15) is 22.4 Å². The minimum absolute atomic E-state index is 0.0122. The maximum atomic E-state index is 14.5. The first-order valence-corrected chi connectivity index (χ1v) is 13.5. The molecule has 0 aliphatic rings. The van der Waals surface area contributed by atoms with Crippen LogP contribution in [-0.4, -0.2) is 44.3 Å². The number of anilines is 1. The third-order valence-corrected chi connectivity index (χ3v) is 7.86. The van der Waals surface area contributed by atoms with Crippen LogP contribution in [0.4, 0.5) is 10.1 Å². The number of halogens is 2. The zero-order chi connectivity index (χ0) is 26.3. The van der Waals surface area contributed by atoms with Crippen LogP contribution in [0, 0.1) is 5.82 Å². The van der Waals surface area contributed by atoms with E-state index in [2.05, 4.69) is 21.2 Å². The van der Waals surface area contributed by atoms with E-state index in [1.807, 2.05) is 0 Å². The summed E-state index contributed by atoms with van der Waals surface area (Å²) in [5.74, 6) is -1.61. The second-order valence-corrected chi connectivity index (χ2v) is 10.8. The molecular weight excluding hydrogens is 549 g/mol. The van der Waals surface area contributed by atoms with Crippen LogP contribution in [0.5, 0.6) is 0 Å². The Bertz CT molecular complexity index is 1300. The average Bonchev–Trinajstić information content (AvgIpc) is 2.87. The number of nitrogens with one attached hydrogen (secondary N) is 1. The molecule has 36 heavy (non-hydrogen) atoms. The fourth-order valence-corrected chi connectivity index (χ4v) is 5.27. The average molecular weight is 576 g/mol. The Labute approximate surface area is 219 Å². The van der Waals surface area contributed by atoms with Crippen LogP contribution in [0.15, 0.2) is 88.2 Å². The first kappa shape index (κ1) is 27.3. The highest BCUT2D eigenvalue weighted by atomic mass is 79.9. The van der Waals surface area contributed by atoms with Gasteiger partial charge in [-0.2, -0.15) is 0 Å². The Morgan fingerprint density at radius 2 is 1.58 bits per heavy atom. The Morgan fingerprint density at radius 3 is 2.19 bits per heavy atom. The summed E-state index contributed by atoms with van der Waals surface area (Å²) in [6, 6.07) is 19.2. The molecular formula is C26H27BrFN3O4S. The number of rotatable bonds is 10. The van der Waals surface area contributed by atoms with Gasteiger partial charge in [-0.15, -0.1) is 0 Å². The predicted octanol–water partition coefficient (Wildman–Crippen LogP) is 4.34. The largest absolute Gasteiger partial charge is 0.355 e. The predicted molar refractivity (Wildman–Crippen MR) is 140 cm³/mol. The lowest BCUT2D eigenvalue weighted by molar-refractivity contribution is -0.139. The van der Waals surface area contributed by atoms with Gasteiger partial charge in [0.15, 0.2) is 0 Å². The van der Waals surface area contributed by atoms with Gasteiger partial charge in [0.05, 0.1) is 10.6 Å². The minimum Gasteiger partial charge on any atom is -0.355 e. The number of carbonyl (C=O) groups is 2. The summed E-state index contributed by atoms with van der Waals surface area (Å²) < 4.78 is 43.4. The lowest BCUT2D eigenvalue weighted by Crippen LogP contribution is -2.51. The van der Waals surface area contributed by atoms with E-state index < -0.39 is 40.2 Å². The van der Waals surface area contributed by atoms with Crippen molar-refractivity contribution in [2.75, 3.05) is 17.4 Å². The topological polar surface area (TPSA) is 86.8 Å². The third-order valence-electron chi connectivity index (χ3n) is 5.54. The van der Waals surface area contributed by atoms with Gasteiger partial charge in [-0.25, -0.2) is 12.8 Å². The number of amides is 2. The normalized spacial score (nSPS) is 12.0. The minimum atomic E-state index is -4.14. The lowest BCUT2D eigenvalue weighted by Gasteiger charge is -2.32. The second-order valence-electron chi connectivity index (χ2n) is 7.98. The number of benzene rings is 3. The van der Waals surface area contributed by atoms with Crippen LogP contribution in [0.3, 0.4) is 0 Å². The van der Waals surface area contributed by atoms with Crippen molar-refractivity contribution in [2.45, 2.75) is 31.3 Å². The van der Waals surface area contributed by atoms with E-state index >= 15 is 0 Å². The molecule has 3 aromatic carbocycles. The molecule has 0 heterocycles. The van der Waals surface area contributed by atoms with Crippen LogP contribution in [0.25, 0.3) is 0 Å².